The Kier molecular flexibility index (Phi) is 98.8. The normalized spacial score (nSPS) is 9.73. The maximum Gasteiger partial charge on any atom is 0.323 e. The van der Waals surface area contributed by atoms with E-state index in [1.165, 1.54) is 0 Å². The van der Waals surface area contributed by atoms with Crippen molar-refractivity contribution in [1.82, 2.24) is 0 Å². The van der Waals surface area contributed by atoms with E-state index in [2.05, 4.69) is 56.9 Å². The summed E-state index contributed by atoms with van der Waals surface area (Å²) < 4.78 is 22.3. The molecule has 2 unspecified atom stereocenters. The summed E-state index contributed by atoms with van der Waals surface area (Å²) in [5.74, 6) is 0. The lowest BCUT2D eigenvalue weighted by Gasteiger charge is -1.86. The Bertz CT molecular complexity index is 132. The molecule has 15 heavy (non-hydrogen) atoms. The van der Waals surface area contributed by atoms with Gasteiger partial charge in [-0.1, -0.05) is 0 Å². The van der Waals surface area contributed by atoms with Crippen molar-refractivity contribution in [3.63, 3.8) is 0 Å². The van der Waals surface area contributed by atoms with Gasteiger partial charge < -0.3 is 9.79 Å². The Morgan fingerprint density at radius 1 is 0.667 bits per heavy atom. The number of rotatable bonds is 2. The second-order valence-corrected chi connectivity index (χ2v) is 2.51. The highest BCUT2D eigenvalue weighted by molar-refractivity contribution is 7.46. The van der Waals surface area contributed by atoms with Gasteiger partial charge in [0.05, 0.1) is 0 Å². The topological polar surface area (TPSA) is 83.8 Å². The van der Waals surface area contributed by atoms with E-state index in [0.29, 0.717) is 0 Å². The molecular formula is C8H20O5P2. The van der Waals surface area contributed by atoms with Crippen molar-refractivity contribution in [2.45, 2.75) is 0 Å². The number of hydrogen-bond donors (Lipinski definition) is 2. The Morgan fingerprint density at radius 2 is 0.800 bits per heavy atom. The lowest BCUT2D eigenvalue weighted by atomic mass is 11.3. The minimum atomic E-state index is -3.20. The molecule has 0 aliphatic rings. The minimum absolute atomic E-state index is 3.00. The van der Waals surface area contributed by atoms with Crippen LogP contribution in [0.15, 0.2) is 52.6 Å². The van der Waals surface area contributed by atoms with Crippen LogP contribution in [0.1, 0.15) is 0 Å². The fourth-order valence-corrected chi connectivity index (χ4v) is 0.672. The molecule has 2 atom stereocenters. The zero-order valence-electron chi connectivity index (χ0n) is 8.78. The highest BCUT2D eigenvalue weighted by Crippen LogP contribution is 2.30. The van der Waals surface area contributed by atoms with E-state index < -0.39 is 16.5 Å². The van der Waals surface area contributed by atoms with Crippen LogP contribution in [0.5, 0.6) is 0 Å². The predicted octanol–water partition coefficient (Wildman–Crippen LogP) is 2.98. The summed E-state index contributed by atoms with van der Waals surface area (Å²) in [5, 5.41) is 0. The molecule has 0 amide bonds. The van der Waals surface area contributed by atoms with Gasteiger partial charge in [-0.25, -0.2) is 4.31 Å². The van der Waals surface area contributed by atoms with E-state index in [9.17, 15) is 9.13 Å². The largest absolute Gasteiger partial charge is 0.326 e. The molecule has 0 radical (unpaired) electrons. The Balaban J connectivity index is -0.0000000353. The maximum atomic E-state index is 9.44. The highest BCUT2D eigenvalue weighted by atomic mass is 31.2. The average Bonchev–Trinajstić information content (AvgIpc) is 2.27. The first-order valence-electron chi connectivity index (χ1n) is 3.26. The van der Waals surface area contributed by atoms with Crippen molar-refractivity contribution >= 4 is 16.5 Å². The first-order valence-corrected chi connectivity index (χ1v) is 5.79. The Hall–Kier alpha value is -0.700. The van der Waals surface area contributed by atoms with E-state index in [-0.39, 0.29) is 0 Å². The third kappa shape index (κ3) is 156. The van der Waals surface area contributed by atoms with Gasteiger partial charge in [-0.05, 0) is 0 Å². The quantitative estimate of drug-likeness (QED) is 0.587. The smallest absolute Gasteiger partial charge is 0.323 e. The summed E-state index contributed by atoms with van der Waals surface area (Å²) in [4.78, 5) is 15.4. The van der Waals surface area contributed by atoms with Crippen LogP contribution >= 0.6 is 16.5 Å². The van der Waals surface area contributed by atoms with E-state index in [1.54, 1.807) is 0 Å². The van der Waals surface area contributed by atoms with Crippen LogP contribution in [0.3, 0.4) is 0 Å². The molecule has 0 bridgehead atoms. The van der Waals surface area contributed by atoms with Crippen LogP contribution in [-0.4, -0.2) is 9.79 Å². The molecule has 0 rings (SSSR count). The molecule has 5 nitrogen and oxygen atoms in total. The van der Waals surface area contributed by atoms with Crippen LogP contribution in [0.4, 0.5) is 0 Å². The van der Waals surface area contributed by atoms with Crippen molar-refractivity contribution in [3.05, 3.63) is 52.6 Å². The van der Waals surface area contributed by atoms with Gasteiger partial charge in [-0.3, -0.25) is 9.13 Å². The molecular weight excluding hydrogens is 238 g/mol. The second kappa shape index (κ2) is 50.7. The van der Waals surface area contributed by atoms with Gasteiger partial charge in [-0.2, -0.15) is 0 Å². The lowest BCUT2D eigenvalue weighted by molar-refractivity contribution is 0.371. The Morgan fingerprint density at radius 3 is 0.800 bits per heavy atom. The molecule has 0 aliphatic heterocycles. The monoisotopic (exact) mass is 258 g/mol. The van der Waals surface area contributed by atoms with Gasteiger partial charge in [0, 0.05) is 0 Å². The molecule has 0 aromatic rings. The molecule has 0 aliphatic carbocycles. The van der Waals surface area contributed by atoms with Crippen LogP contribution in [0, 0.1) is 0 Å². The first kappa shape index (κ1) is 29.2. The maximum absolute atomic E-state index is 9.44. The van der Waals surface area contributed by atoms with Crippen molar-refractivity contribution < 1.29 is 23.2 Å². The van der Waals surface area contributed by atoms with Gasteiger partial charge in [0.25, 0.3) is 0 Å². The first-order chi connectivity index (χ1) is 7.13. The summed E-state index contributed by atoms with van der Waals surface area (Å²) in [6.45, 7) is 24.0. The SMILES string of the molecule is C=C.C=C.C=C.C=C.O=[PH](O)O[PH](=O)O. The van der Waals surface area contributed by atoms with Gasteiger partial charge in [-0.15, -0.1) is 52.6 Å². The molecule has 7 heteroatoms. The van der Waals surface area contributed by atoms with E-state index >= 15 is 0 Å². The minimum Gasteiger partial charge on any atom is -0.326 e. The standard InChI is InChI=1S/4C2H4.H4O5P2/c4*1-2;1-6(2)5-7(3)4/h4*1-2H2;6-7H,(H,1,2)(H,3,4). The van der Waals surface area contributed by atoms with Gasteiger partial charge in [0.15, 0.2) is 0 Å². The molecule has 0 spiro atoms. The summed E-state index contributed by atoms with van der Waals surface area (Å²) in [6.07, 6.45) is 0. The van der Waals surface area contributed by atoms with Crippen LogP contribution in [0.25, 0.3) is 0 Å². The summed E-state index contributed by atoms with van der Waals surface area (Å²) in [6, 6.07) is 0. The summed E-state index contributed by atoms with van der Waals surface area (Å²) in [5.41, 5.74) is 0. The van der Waals surface area contributed by atoms with E-state index in [1.807, 2.05) is 0 Å². The van der Waals surface area contributed by atoms with Crippen LogP contribution < -0.4 is 0 Å². The number of hydrogen-bond acceptors (Lipinski definition) is 3. The molecule has 0 fully saturated rings. The van der Waals surface area contributed by atoms with Crippen molar-refractivity contribution in [1.29, 1.82) is 0 Å². The third-order valence-electron chi connectivity index (χ3n) is 0.175. The van der Waals surface area contributed by atoms with Crippen LogP contribution in [-0.2, 0) is 13.4 Å². The van der Waals surface area contributed by atoms with Gasteiger partial charge in [0.1, 0.15) is 0 Å². The molecule has 0 heterocycles. The van der Waals surface area contributed by atoms with E-state index in [0.717, 1.165) is 0 Å². The Labute approximate surface area is 93.0 Å². The predicted molar refractivity (Wildman–Crippen MR) is 68.5 cm³/mol. The fraction of sp³-hybridized carbons (Fsp3) is 0. The highest BCUT2D eigenvalue weighted by Gasteiger charge is 1.93. The van der Waals surface area contributed by atoms with Crippen molar-refractivity contribution in [2.75, 3.05) is 0 Å². The van der Waals surface area contributed by atoms with Crippen LogP contribution in [0.2, 0.25) is 0 Å². The van der Waals surface area contributed by atoms with E-state index in [4.69, 9.17) is 9.79 Å². The molecule has 0 saturated carbocycles. The molecule has 92 valence electrons. The van der Waals surface area contributed by atoms with Crippen molar-refractivity contribution in [2.24, 2.45) is 0 Å². The average molecular weight is 258 g/mol. The molecule has 0 aromatic carbocycles. The summed E-state index contributed by atoms with van der Waals surface area (Å²) >= 11 is 0. The molecule has 0 saturated heterocycles. The van der Waals surface area contributed by atoms with Gasteiger partial charge in [0.2, 0.25) is 0 Å². The summed E-state index contributed by atoms with van der Waals surface area (Å²) in [7, 11) is -6.40. The second-order valence-electron chi connectivity index (χ2n) is 0.634. The van der Waals surface area contributed by atoms with Crippen molar-refractivity contribution in [3.8, 4) is 0 Å². The molecule has 2 N–H and O–H groups in total. The zero-order chi connectivity index (χ0) is 13.9. The third-order valence-corrected chi connectivity index (χ3v) is 1.57. The zero-order valence-corrected chi connectivity index (χ0v) is 10.8. The molecule has 0 aromatic heterocycles. The lowest BCUT2D eigenvalue weighted by Crippen LogP contribution is -1.58. The van der Waals surface area contributed by atoms with Gasteiger partial charge >= 0.3 is 16.5 Å². The fourth-order valence-electron chi connectivity index (χ4n) is 0.0747.